The number of aliphatic hydroxyl groups is 1. The van der Waals surface area contributed by atoms with Crippen LogP contribution in [0, 0.1) is 23.7 Å². The van der Waals surface area contributed by atoms with Gasteiger partial charge in [0.15, 0.2) is 34.7 Å². The maximum absolute atomic E-state index is 14.9. The molecule has 2 aromatic carbocycles. The van der Waals surface area contributed by atoms with E-state index in [-0.39, 0.29) is 24.4 Å². The van der Waals surface area contributed by atoms with Crippen LogP contribution in [-0.2, 0) is 38.3 Å². The van der Waals surface area contributed by atoms with Crippen molar-refractivity contribution in [2.75, 3.05) is 27.2 Å². The van der Waals surface area contributed by atoms with Crippen molar-refractivity contribution >= 4 is 29.0 Å². The highest BCUT2D eigenvalue weighted by molar-refractivity contribution is 6.32. The summed E-state index contributed by atoms with van der Waals surface area (Å²) in [6, 6.07) is 9.44. The number of Topliss-reactive ketones (excluding diaryl/α,β-unsaturated/α-hetero) is 4. The van der Waals surface area contributed by atoms with E-state index in [1.807, 2.05) is 35.2 Å². The van der Waals surface area contributed by atoms with E-state index in [4.69, 9.17) is 5.73 Å². The minimum Gasteiger partial charge on any atom is -0.507 e. The number of likely N-dealkylation sites (N-methyl/N-ethyl adjacent to an activating group) is 1. The summed E-state index contributed by atoms with van der Waals surface area (Å²) in [5, 5.41) is 22.7. The maximum Gasteiger partial charge on any atom is 0.417 e. The van der Waals surface area contributed by atoms with Crippen LogP contribution in [0.2, 0.25) is 0 Å². The van der Waals surface area contributed by atoms with Crippen molar-refractivity contribution in [3.63, 3.8) is 0 Å². The molecule has 0 bridgehead atoms. The molecule has 1 aliphatic heterocycles. The molecule has 3 fully saturated rings. The molecule has 13 heteroatoms. The number of ketones is 4. The molecule has 10 nitrogen and oxygen atoms in total. The number of carbonyl (C=O) groups is 5. The molecule has 0 radical (unpaired) electrons. The number of amides is 1. The van der Waals surface area contributed by atoms with Crippen LogP contribution in [0.25, 0.3) is 0 Å². The predicted molar refractivity (Wildman–Crippen MR) is 160 cm³/mol. The Morgan fingerprint density at radius 2 is 1.70 bits per heavy atom. The quantitative estimate of drug-likeness (QED) is 0.411. The highest BCUT2D eigenvalue weighted by Crippen LogP contribution is 2.53. The van der Waals surface area contributed by atoms with Crippen molar-refractivity contribution in [1.29, 1.82) is 0 Å². The number of alkyl halides is 3. The normalized spacial score (nSPS) is 30.2. The van der Waals surface area contributed by atoms with E-state index < -0.39 is 99.4 Å². The Morgan fingerprint density at radius 1 is 1.06 bits per heavy atom. The summed E-state index contributed by atoms with van der Waals surface area (Å²) in [5.74, 6) is -13.1. The second kappa shape index (κ2) is 11.6. The summed E-state index contributed by atoms with van der Waals surface area (Å²) in [7, 11) is 2.87. The summed E-state index contributed by atoms with van der Waals surface area (Å²) in [6.45, 7) is 0.918. The predicted octanol–water partition coefficient (Wildman–Crippen LogP) is 2.27. The Morgan fingerprint density at radius 3 is 2.28 bits per heavy atom. The molecule has 47 heavy (non-hydrogen) atoms. The molecule has 3 aliphatic carbocycles. The molecule has 0 spiro atoms. The highest BCUT2D eigenvalue weighted by Gasteiger charge is 2.69. The van der Waals surface area contributed by atoms with Gasteiger partial charge in [-0.2, -0.15) is 13.2 Å². The third-order valence-electron chi connectivity index (χ3n) is 10.7. The van der Waals surface area contributed by atoms with Gasteiger partial charge in [0.05, 0.1) is 23.1 Å². The van der Waals surface area contributed by atoms with Crippen molar-refractivity contribution in [3.05, 3.63) is 64.2 Å². The van der Waals surface area contributed by atoms with E-state index in [1.54, 1.807) is 0 Å². The lowest BCUT2D eigenvalue weighted by Crippen LogP contribution is -2.74. The van der Waals surface area contributed by atoms with Crippen LogP contribution in [0.4, 0.5) is 13.2 Å². The molecule has 1 amide bonds. The number of nitrogens with two attached hydrogens (primary N) is 1. The fraction of sp³-hybridized carbons (Fsp3) is 0.500. The lowest BCUT2D eigenvalue weighted by Gasteiger charge is -2.52. The first-order valence-electron chi connectivity index (χ1n) is 15.6. The maximum atomic E-state index is 14.9. The lowest BCUT2D eigenvalue weighted by molar-refractivity contribution is -0.181. The van der Waals surface area contributed by atoms with Crippen LogP contribution < -0.4 is 5.73 Å². The highest BCUT2D eigenvalue weighted by atomic mass is 19.4. The number of fused-ring (bicyclic) bond motifs is 3. The first-order chi connectivity index (χ1) is 22.1. The molecule has 1 saturated heterocycles. The van der Waals surface area contributed by atoms with Crippen molar-refractivity contribution in [3.8, 4) is 5.75 Å². The van der Waals surface area contributed by atoms with E-state index >= 15 is 0 Å². The zero-order valence-electron chi connectivity index (χ0n) is 25.9. The summed E-state index contributed by atoms with van der Waals surface area (Å²) in [6.07, 6.45) is -4.24. The van der Waals surface area contributed by atoms with Gasteiger partial charge >= 0.3 is 6.18 Å². The smallest absolute Gasteiger partial charge is 0.417 e. The molecule has 4 N–H and O–H groups in total. The van der Waals surface area contributed by atoms with Gasteiger partial charge in [-0.05, 0) is 87.5 Å². The summed E-state index contributed by atoms with van der Waals surface area (Å²) >= 11 is 0. The number of rotatable bonds is 5. The number of halogens is 3. The zero-order chi connectivity index (χ0) is 34.2. The van der Waals surface area contributed by atoms with Gasteiger partial charge in [0.2, 0.25) is 5.91 Å². The van der Waals surface area contributed by atoms with E-state index in [2.05, 4.69) is 0 Å². The van der Waals surface area contributed by atoms with E-state index in [1.165, 1.54) is 24.6 Å². The SMILES string of the molecule is CN(C)[C@@H]1C(=O)C(C(N)=O)C(=O)[C@@]2(O)C(=O)C3C(=O)c4c(O)cc(CN5CCC(c6ccccc6)CC5)c(C(F)(F)F)c4C[C@H]3C[C@@H]12. The molecular formula is C34H36F3N3O7. The Hall–Kier alpha value is -3.94. The second-order valence-corrected chi connectivity index (χ2v) is 13.5. The minimum atomic E-state index is -4.92. The van der Waals surface area contributed by atoms with Gasteiger partial charge in [0.1, 0.15) is 5.75 Å². The van der Waals surface area contributed by atoms with Crippen LogP contribution >= 0.6 is 0 Å². The molecule has 6 rings (SSSR count). The molecule has 1 heterocycles. The van der Waals surface area contributed by atoms with Crippen LogP contribution in [0.5, 0.6) is 5.75 Å². The third-order valence-corrected chi connectivity index (χ3v) is 10.7. The average Bonchev–Trinajstić information content (AvgIpc) is 2.98. The van der Waals surface area contributed by atoms with Gasteiger partial charge in [-0.3, -0.25) is 33.8 Å². The summed E-state index contributed by atoms with van der Waals surface area (Å²) in [5.41, 5.74) is 1.17. The molecule has 2 saturated carbocycles. The first kappa shape index (κ1) is 33.0. The fourth-order valence-electron chi connectivity index (χ4n) is 8.61. The van der Waals surface area contributed by atoms with E-state index in [9.17, 15) is 47.4 Å². The molecule has 4 aliphatic rings. The van der Waals surface area contributed by atoms with Crippen LogP contribution in [0.3, 0.4) is 0 Å². The number of benzene rings is 2. The number of hydrogen-bond acceptors (Lipinski definition) is 9. The van der Waals surface area contributed by atoms with Crippen LogP contribution in [0.15, 0.2) is 36.4 Å². The minimum absolute atomic E-state index is 0.124. The zero-order valence-corrected chi connectivity index (χ0v) is 25.9. The van der Waals surface area contributed by atoms with Crippen molar-refractivity contribution in [2.45, 2.75) is 56.0 Å². The summed E-state index contributed by atoms with van der Waals surface area (Å²) < 4.78 is 44.7. The molecule has 6 atom stereocenters. The van der Waals surface area contributed by atoms with Gasteiger partial charge in [0, 0.05) is 12.5 Å². The van der Waals surface area contributed by atoms with Gasteiger partial charge in [-0.1, -0.05) is 30.3 Å². The molecule has 2 unspecified atom stereocenters. The first-order valence-corrected chi connectivity index (χ1v) is 15.6. The van der Waals surface area contributed by atoms with Crippen molar-refractivity contribution < 1.29 is 47.4 Å². The fourth-order valence-corrected chi connectivity index (χ4v) is 8.61. The van der Waals surface area contributed by atoms with Crippen molar-refractivity contribution in [2.24, 2.45) is 29.4 Å². The Bertz CT molecular complexity index is 1670. The molecule has 250 valence electrons. The Labute approximate surface area is 268 Å². The average molecular weight is 656 g/mol. The topological polar surface area (TPSA) is 158 Å². The van der Waals surface area contributed by atoms with Gasteiger partial charge in [0.25, 0.3) is 0 Å². The largest absolute Gasteiger partial charge is 0.507 e. The monoisotopic (exact) mass is 655 g/mol. The molecular weight excluding hydrogens is 619 g/mol. The molecule has 0 aromatic heterocycles. The van der Waals surface area contributed by atoms with E-state index in [0.717, 1.165) is 18.9 Å². The number of phenols is 1. The number of nitrogens with zero attached hydrogens (tertiary/aromatic N) is 2. The number of piperidine rings is 1. The Balaban J connectivity index is 1.37. The molecule has 2 aromatic rings. The van der Waals surface area contributed by atoms with E-state index in [0.29, 0.717) is 13.1 Å². The van der Waals surface area contributed by atoms with Crippen molar-refractivity contribution in [1.82, 2.24) is 9.80 Å². The van der Waals surface area contributed by atoms with Gasteiger partial charge < -0.3 is 15.9 Å². The van der Waals surface area contributed by atoms with Gasteiger partial charge in [-0.25, -0.2) is 0 Å². The standard InChI is InChI=1S/C34H36F3N3O7/c1-39(2)27-21-13-18-12-20-24(28(42)23(18)30(44)33(21,47)31(45)25(29(27)43)32(38)46)22(41)14-19(26(20)34(35,36)37)15-40-10-8-17(9-11-40)16-6-4-3-5-7-16/h3-7,14,17-18,21,23,25,27,41,47H,8-13,15H2,1-2H3,(H2,38,46)/t18-,21-,23?,25?,27-,33-/m0/s1. The Kier molecular flexibility index (Phi) is 8.17. The number of likely N-dealkylation sites (tertiary alicyclic amines) is 1. The number of carbonyl (C=O) groups excluding carboxylic acids is 5. The van der Waals surface area contributed by atoms with Crippen LogP contribution in [0.1, 0.15) is 57.8 Å². The number of aromatic hydroxyl groups is 1. The summed E-state index contributed by atoms with van der Waals surface area (Å²) in [4.78, 5) is 69.9. The number of phenolic OH excluding ortho intramolecular Hbond substituents is 1. The second-order valence-electron chi connectivity index (χ2n) is 13.5. The lowest BCUT2D eigenvalue weighted by atomic mass is 9.52. The van der Waals surface area contributed by atoms with Gasteiger partial charge in [-0.15, -0.1) is 0 Å². The third kappa shape index (κ3) is 5.19. The number of primary amides is 1. The van der Waals surface area contributed by atoms with Crippen LogP contribution in [-0.4, -0.2) is 87.9 Å². The number of hydrogen-bond donors (Lipinski definition) is 3.